The maximum atomic E-state index is 5.38. The Labute approximate surface area is 139 Å². The number of nitrogens with zero attached hydrogens (tertiary/aromatic N) is 3. The van der Waals surface area contributed by atoms with Gasteiger partial charge < -0.3 is 19.7 Å². The molecule has 0 spiro atoms. The molecule has 0 aromatic carbocycles. The van der Waals surface area contributed by atoms with Crippen LogP contribution in [0, 0.1) is 0 Å². The summed E-state index contributed by atoms with van der Waals surface area (Å²) in [6.07, 6.45) is 1.95. The fraction of sp³-hybridized carbons (Fsp3) is 0.706. The lowest BCUT2D eigenvalue weighted by atomic mass is 10.2. The lowest BCUT2D eigenvalue weighted by Gasteiger charge is -2.29. The summed E-state index contributed by atoms with van der Waals surface area (Å²) in [5.41, 5.74) is 1.21. The second-order valence-corrected chi connectivity index (χ2v) is 6.13. The molecule has 1 saturated heterocycles. The van der Waals surface area contributed by atoms with Crippen molar-refractivity contribution in [2.75, 3.05) is 65.1 Å². The predicted octanol–water partition coefficient (Wildman–Crippen LogP) is 0.975. The van der Waals surface area contributed by atoms with E-state index in [1.807, 2.05) is 13.2 Å². The molecular weight excluding hydrogens is 292 g/mol. The number of rotatable bonds is 9. The fourth-order valence-corrected chi connectivity index (χ4v) is 2.62. The minimum atomic E-state index is 0.456. The first-order valence-electron chi connectivity index (χ1n) is 8.37. The molecule has 0 bridgehead atoms. The maximum Gasteiger partial charge on any atom is 0.128 e. The van der Waals surface area contributed by atoms with E-state index in [0.717, 1.165) is 51.8 Å². The van der Waals surface area contributed by atoms with Crippen molar-refractivity contribution in [3.05, 3.63) is 23.9 Å². The van der Waals surface area contributed by atoms with Gasteiger partial charge in [0.05, 0.1) is 19.8 Å². The number of aromatic nitrogens is 1. The van der Waals surface area contributed by atoms with E-state index in [9.17, 15) is 0 Å². The predicted molar refractivity (Wildman–Crippen MR) is 92.9 cm³/mol. The third-order valence-corrected chi connectivity index (χ3v) is 4.12. The molecule has 0 radical (unpaired) electrons. The molecule has 1 atom stereocenters. The third kappa shape index (κ3) is 6.43. The van der Waals surface area contributed by atoms with E-state index in [2.05, 4.69) is 39.2 Å². The van der Waals surface area contributed by atoms with Crippen molar-refractivity contribution in [1.29, 1.82) is 0 Å². The van der Waals surface area contributed by atoms with Crippen LogP contribution in [0.25, 0.3) is 0 Å². The SMILES string of the molecule is COCCN(C)c1ccc(CNC(C)CN2CCOCC2)cn1. The van der Waals surface area contributed by atoms with Crippen LogP contribution in [-0.2, 0) is 16.0 Å². The van der Waals surface area contributed by atoms with Crippen molar-refractivity contribution in [3.63, 3.8) is 0 Å². The molecular formula is C17H30N4O2. The highest BCUT2D eigenvalue weighted by Gasteiger charge is 2.13. The van der Waals surface area contributed by atoms with Crippen molar-refractivity contribution in [2.24, 2.45) is 0 Å². The van der Waals surface area contributed by atoms with Gasteiger partial charge in [-0.05, 0) is 18.6 Å². The largest absolute Gasteiger partial charge is 0.383 e. The number of methoxy groups -OCH3 is 1. The standard InChI is InChI=1S/C17H30N4O2/c1-15(14-21-7-10-23-11-8-21)18-12-16-4-5-17(19-13-16)20(2)6-9-22-3/h4-5,13,15,18H,6-12,14H2,1-3H3. The first kappa shape index (κ1) is 18.1. The first-order valence-corrected chi connectivity index (χ1v) is 8.37. The van der Waals surface area contributed by atoms with Gasteiger partial charge in [-0.1, -0.05) is 6.07 Å². The number of nitrogens with one attached hydrogen (secondary N) is 1. The fourth-order valence-electron chi connectivity index (χ4n) is 2.62. The topological polar surface area (TPSA) is 49.9 Å². The molecule has 0 saturated carbocycles. The molecule has 6 nitrogen and oxygen atoms in total. The second-order valence-electron chi connectivity index (χ2n) is 6.13. The van der Waals surface area contributed by atoms with Crippen molar-refractivity contribution >= 4 is 5.82 Å². The summed E-state index contributed by atoms with van der Waals surface area (Å²) in [5.74, 6) is 0.979. The molecule has 1 aliphatic rings. The lowest BCUT2D eigenvalue weighted by molar-refractivity contribution is 0.0343. The summed E-state index contributed by atoms with van der Waals surface area (Å²) >= 11 is 0. The van der Waals surface area contributed by atoms with Crippen LogP contribution in [0.3, 0.4) is 0 Å². The van der Waals surface area contributed by atoms with Crippen LogP contribution in [-0.4, -0.2) is 76.1 Å². The van der Waals surface area contributed by atoms with Crippen molar-refractivity contribution in [2.45, 2.75) is 19.5 Å². The lowest BCUT2D eigenvalue weighted by Crippen LogP contribution is -2.44. The van der Waals surface area contributed by atoms with Crippen LogP contribution >= 0.6 is 0 Å². The maximum absolute atomic E-state index is 5.38. The normalized spacial score (nSPS) is 17.2. The van der Waals surface area contributed by atoms with Crippen molar-refractivity contribution < 1.29 is 9.47 Å². The number of ether oxygens (including phenoxy) is 2. The van der Waals surface area contributed by atoms with Crippen LogP contribution < -0.4 is 10.2 Å². The van der Waals surface area contributed by atoms with Crippen LogP contribution in [0.15, 0.2) is 18.3 Å². The van der Waals surface area contributed by atoms with E-state index < -0.39 is 0 Å². The average Bonchev–Trinajstić information content (AvgIpc) is 2.59. The van der Waals surface area contributed by atoms with E-state index in [4.69, 9.17) is 9.47 Å². The Balaban J connectivity index is 1.72. The Hall–Kier alpha value is -1.21. The molecule has 1 fully saturated rings. The van der Waals surface area contributed by atoms with E-state index >= 15 is 0 Å². The summed E-state index contributed by atoms with van der Waals surface area (Å²) in [7, 11) is 3.75. The van der Waals surface area contributed by atoms with Crippen molar-refractivity contribution in [1.82, 2.24) is 15.2 Å². The van der Waals surface area contributed by atoms with Gasteiger partial charge in [0, 0.05) is 59.1 Å². The highest BCUT2D eigenvalue weighted by atomic mass is 16.5. The van der Waals surface area contributed by atoms with E-state index in [0.29, 0.717) is 12.6 Å². The summed E-state index contributed by atoms with van der Waals surface area (Å²) in [6.45, 7) is 9.48. The Bertz CT molecular complexity index is 435. The van der Waals surface area contributed by atoms with Gasteiger partial charge in [-0.2, -0.15) is 0 Å². The molecule has 0 amide bonds. The zero-order valence-electron chi connectivity index (χ0n) is 14.6. The smallest absolute Gasteiger partial charge is 0.128 e. The number of pyridine rings is 1. The number of hydrogen-bond acceptors (Lipinski definition) is 6. The van der Waals surface area contributed by atoms with Gasteiger partial charge in [-0.15, -0.1) is 0 Å². The Morgan fingerprint density at radius 1 is 1.39 bits per heavy atom. The quantitative estimate of drug-likeness (QED) is 0.731. The second kappa shape index (κ2) is 9.82. The van der Waals surface area contributed by atoms with Gasteiger partial charge in [-0.3, -0.25) is 4.90 Å². The molecule has 23 heavy (non-hydrogen) atoms. The molecule has 1 N–H and O–H groups in total. The van der Waals surface area contributed by atoms with Crippen molar-refractivity contribution in [3.8, 4) is 0 Å². The Kier molecular flexibility index (Phi) is 7.74. The highest BCUT2D eigenvalue weighted by molar-refractivity contribution is 5.38. The van der Waals surface area contributed by atoms with Crippen LogP contribution in [0.1, 0.15) is 12.5 Å². The minimum Gasteiger partial charge on any atom is -0.383 e. The average molecular weight is 322 g/mol. The zero-order chi connectivity index (χ0) is 16.5. The summed E-state index contributed by atoms with van der Waals surface area (Å²) in [4.78, 5) is 9.08. The monoisotopic (exact) mass is 322 g/mol. The Morgan fingerprint density at radius 2 is 2.17 bits per heavy atom. The molecule has 2 heterocycles. The molecule has 1 aromatic heterocycles. The molecule has 1 aliphatic heterocycles. The first-order chi connectivity index (χ1) is 11.2. The molecule has 1 aromatic rings. The van der Waals surface area contributed by atoms with Gasteiger partial charge in [0.25, 0.3) is 0 Å². The van der Waals surface area contributed by atoms with Gasteiger partial charge >= 0.3 is 0 Å². The highest BCUT2D eigenvalue weighted by Crippen LogP contribution is 2.09. The summed E-state index contributed by atoms with van der Waals surface area (Å²) in [6, 6.07) is 4.66. The molecule has 130 valence electrons. The van der Waals surface area contributed by atoms with Crippen LogP contribution in [0.5, 0.6) is 0 Å². The number of hydrogen-bond donors (Lipinski definition) is 1. The summed E-state index contributed by atoms with van der Waals surface area (Å²) < 4.78 is 10.5. The van der Waals surface area contributed by atoms with E-state index in [-0.39, 0.29) is 0 Å². The third-order valence-electron chi connectivity index (χ3n) is 4.12. The number of morpholine rings is 1. The van der Waals surface area contributed by atoms with Gasteiger partial charge in [0.15, 0.2) is 0 Å². The van der Waals surface area contributed by atoms with Gasteiger partial charge in [0.2, 0.25) is 0 Å². The molecule has 1 unspecified atom stereocenters. The minimum absolute atomic E-state index is 0.456. The van der Waals surface area contributed by atoms with Gasteiger partial charge in [-0.25, -0.2) is 4.98 Å². The number of likely N-dealkylation sites (N-methyl/N-ethyl adjacent to an activating group) is 1. The number of anilines is 1. The van der Waals surface area contributed by atoms with E-state index in [1.165, 1.54) is 5.56 Å². The van der Waals surface area contributed by atoms with Crippen LogP contribution in [0.4, 0.5) is 5.82 Å². The molecule has 6 heteroatoms. The Morgan fingerprint density at radius 3 is 2.83 bits per heavy atom. The van der Waals surface area contributed by atoms with E-state index in [1.54, 1.807) is 7.11 Å². The molecule has 2 rings (SSSR count). The zero-order valence-corrected chi connectivity index (χ0v) is 14.6. The summed E-state index contributed by atoms with van der Waals surface area (Å²) in [5, 5.41) is 3.57. The van der Waals surface area contributed by atoms with Crippen LogP contribution in [0.2, 0.25) is 0 Å². The molecule has 0 aliphatic carbocycles. The van der Waals surface area contributed by atoms with Gasteiger partial charge in [0.1, 0.15) is 5.82 Å².